The van der Waals surface area contributed by atoms with E-state index < -0.39 is 0 Å². The van der Waals surface area contributed by atoms with Crippen molar-refractivity contribution >= 4 is 17.6 Å². The third kappa shape index (κ3) is 7.52. The Bertz CT molecular complexity index is 1320. The number of benzene rings is 3. The molecular weight excluding hydrogens is 480 g/mol. The molecule has 1 heterocycles. The number of carbonyl (C=O) groups is 2. The first-order valence-electron chi connectivity index (χ1n) is 12.8. The fourth-order valence-electron chi connectivity index (χ4n) is 3.94. The molecule has 1 atom stereocenters. The van der Waals surface area contributed by atoms with Crippen LogP contribution in [-0.4, -0.2) is 41.8 Å². The van der Waals surface area contributed by atoms with Crippen molar-refractivity contribution in [2.45, 2.75) is 26.7 Å². The van der Waals surface area contributed by atoms with E-state index in [2.05, 4.69) is 39.9 Å². The fraction of sp³-hybridized carbons (Fsp3) is 0.267. The molecule has 8 nitrogen and oxygen atoms in total. The number of nitrogens with one attached hydrogen (secondary N) is 2. The highest BCUT2D eigenvalue weighted by atomic mass is 16.5. The lowest BCUT2D eigenvalue weighted by atomic mass is 10.00. The second-order valence-electron chi connectivity index (χ2n) is 9.05. The average Bonchev–Trinajstić information content (AvgIpc) is 3.44. The van der Waals surface area contributed by atoms with Crippen LogP contribution in [0.5, 0.6) is 0 Å². The lowest BCUT2D eigenvalue weighted by Crippen LogP contribution is -2.26. The van der Waals surface area contributed by atoms with Crippen LogP contribution in [0.1, 0.15) is 36.2 Å². The number of hydrogen-bond acceptors (Lipinski definition) is 7. The van der Waals surface area contributed by atoms with E-state index in [1.165, 1.54) is 5.56 Å². The van der Waals surface area contributed by atoms with Crippen molar-refractivity contribution in [1.29, 1.82) is 0 Å². The first kappa shape index (κ1) is 26.6. The molecule has 2 N–H and O–H groups in total. The van der Waals surface area contributed by atoms with Gasteiger partial charge in [-0.1, -0.05) is 37.3 Å². The van der Waals surface area contributed by atoms with Gasteiger partial charge in [0.2, 0.25) is 11.8 Å². The monoisotopic (exact) mass is 512 g/mol. The summed E-state index contributed by atoms with van der Waals surface area (Å²) in [7, 11) is 0. The molecule has 8 heteroatoms. The van der Waals surface area contributed by atoms with Crippen molar-refractivity contribution in [3.63, 3.8) is 0 Å². The van der Waals surface area contributed by atoms with Crippen LogP contribution in [0, 0.1) is 5.92 Å². The highest BCUT2D eigenvalue weighted by Crippen LogP contribution is 2.24. The van der Waals surface area contributed by atoms with E-state index in [-0.39, 0.29) is 24.8 Å². The quantitative estimate of drug-likeness (QED) is 0.246. The summed E-state index contributed by atoms with van der Waals surface area (Å²) in [4.78, 5) is 23.6. The number of esters is 1. The molecule has 0 aliphatic rings. The van der Waals surface area contributed by atoms with Crippen LogP contribution in [0.2, 0.25) is 0 Å². The zero-order chi connectivity index (χ0) is 26.7. The first-order valence-corrected chi connectivity index (χ1v) is 12.8. The lowest BCUT2D eigenvalue weighted by Gasteiger charge is -2.14. The summed E-state index contributed by atoms with van der Waals surface area (Å²) < 4.78 is 10.7. The number of amides is 1. The minimum atomic E-state index is -0.318. The Morgan fingerprint density at radius 1 is 0.895 bits per heavy atom. The Morgan fingerprint density at radius 3 is 2.21 bits per heavy atom. The third-order valence-electron chi connectivity index (χ3n) is 5.95. The standard InChI is InChI=1S/C30H32N4O4/c1-3-37-27(35)17-18-31-28(36)23-13-15-26(16-14-23)32-20-21(2)19-22-9-11-25(12-10-22)30-34-33-29(38-30)24-7-5-4-6-8-24/h4-16,21,32H,3,17-20H2,1-2H3,(H,31,36). The molecular formula is C30H32N4O4. The van der Waals surface area contributed by atoms with Gasteiger partial charge in [-0.3, -0.25) is 9.59 Å². The minimum absolute atomic E-state index is 0.159. The topological polar surface area (TPSA) is 106 Å². The van der Waals surface area contributed by atoms with E-state index in [1.807, 2.05) is 54.6 Å². The van der Waals surface area contributed by atoms with Crippen molar-refractivity contribution in [2.24, 2.45) is 5.92 Å². The summed E-state index contributed by atoms with van der Waals surface area (Å²) in [6.45, 7) is 5.32. The zero-order valence-corrected chi connectivity index (χ0v) is 21.6. The van der Waals surface area contributed by atoms with E-state index in [4.69, 9.17) is 9.15 Å². The summed E-state index contributed by atoms with van der Waals surface area (Å²) in [6.07, 6.45) is 1.07. The Morgan fingerprint density at radius 2 is 1.55 bits per heavy atom. The number of anilines is 1. The highest BCUT2D eigenvalue weighted by molar-refractivity contribution is 5.94. The molecule has 1 aromatic heterocycles. The molecule has 4 rings (SSSR count). The normalized spacial score (nSPS) is 11.5. The molecule has 0 saturated carbocycles. The summed E-state index contributed by atoms with van der Waals surface area (Å²) in [5.74, 6) is 0.865. The van der Waals surface area contributed by atoms with Crippen molar-refractivity contribution in [1.82, 2.24) is 15.5 Å². The van der Waals surface area contributed by atoms with Crippen LogP contribution in [-0.2, 0) is 16.0 Å². The maximum atomic E-state index is 12.2. The van der Waals surface area contributed by atoms with Gasteiger partial charge in [-0.2, -0.15) is 0 Å². The van der Waals surface area contributed by atoms with Crippen LogP contribution in [0.3, 0.4) is 0 Å². The van der Waals surface area contributed by atoms with Crippen molar-refractivity contribution in [2.75, 3.05) is 25.0 Å². The lowest BCUT2D eigenvalue weighted by molar-refractivity contribution is -0.142. The number of aromatic nitrogens is 2. The number of nitrogens with zero attached hydrogens (tertiary/aromatic N) is 2. The number of hydrogen-bond donors (Lipinski definition) is 2. The molecule has 0 saturated heterocycles. The maximum Gasteiger partial charge on any atom is 0.307 e. The molecule has 0 radical (unpaired) electrons. The summed E-state index contributed by atoms with van der Waals surface area (Å²) >= 11 is 0. The van der Waals surface area contributed by atoms with Crippen LogP contribution < -0.4 is 10.6 Å². The summed E-state index contributed by atoms with van der Waals surface area (Å²) in [6, 6.07) is 25.2. The molecule has 0 aliphatic carbocycles. The minimum Gasteiger partial charge on any atom is -0.466 e. The van der Waals surface area contributed by atoms with Crippen LogP contribution in [0.25, 0.3) is 22.9 Å². The van der Waals surface area contributed by atoms with E-state index in [0.717, 1.165) is 29.8 Å². The average molecular weight is 513 g/mol. The Balaban J connectivity index is 1.22. The van der Waals surface area contributed by atoms with Gasteiger partial charge in [0.25, 0.3) is 5.91 Å². The van der Waals surface area contributed by atoms with Gasteiger partial charge in [-0.25, -0.2) is 0 Å². The Hall–Kier alpha value is -4.46. The predicted molar refractivity (Wildman–Crippen MR) is 147 cm³/mol. The molecule has 0 spiro atoms. The molecule has 0 fully saturated rings. The van der Waals surface area contributed by atoms with Gasteiger partial charge in [0.05, 0.1) is 13.0 Å². The number of carbonyl (C=O) groups excluding carboxylic acids is 2. The molecule has 0 aliphatic heterocycles. The van der Waals surface area contributed by atoms with Crippen LogP contribution in [0.4, 0.5) is 5.69 Å². The van der Waals surface area contributed by atoms with E-state index in [1.54, 1.807) is 19.1 Å². The van der Waals surface area contributed by atoms with Gasteiger partial charge < -0.3 is 19.8 Å². The largest absolute Gasteiger partial charge is 0.466 e. The van der Waals surface area contributed by atoms with Gasteiger partial charge in [0.15, 0.2) is 0 Å². The van der Waals surface area contributed by atoms with Crippen LogP contribution >= 0.6 is 0 Å². The van der Waals surface area contributed by atoms with Gasteiger partial charge in [0.1, 0.15) is 0 Å². The van der Waals surface area contributed by atoms with Gasteiger partial charge in [-0.05, 0) is 73.4 Å². The molecule has 3 aromatic carbocycles. The number of ether oxygens (including phenoxy) is 1. The van der Waals surface area contributed by atoms with Crippen molar-refractivity contribution in [3.05, 3.63) is 90.0 Å². The van der Waals surface area contributed by atoms with E-state index >= 15 is 0 Å². The summed E-state index contributed by atoms with van der Waals surface area (Å²) in [5, 5.41) is 14.5. The SMILES string of the molecule is CCOC(=O)CCNC(=O)c1ccc(NCC(C)Cc2ccc(-c3nnc(-c4ccccc4)o3)cc2)cc1. The molecule has 1 amide bonds. The van der Waals surface area contributed by atoms with Crippen LogP contribution in [0.15, 0.2) is 83.3 Å². The molecule has 4 aromatic rings. The van der Waals surface area contributed by atoms with Gasteiger partial charge in [0, 0.05) is 35.5 Å². The number of rotatable bonds is 12. The summed E-state index contributed by atoms with van der Waals surface area (Å²) in [5.41, 5.74) is 4.50. The third-order valence-corrected chi connectivity index (χ3v) is 5.95. The predicted octanol–water partition coefficient (Wildman–Crippen LogP) is 5.38. The van der Waals surface area contributed by atoms with Gasteiger partial charge in [-0.15, -0.1) is 10.2 Å². The first-order chi connectivity index (χ1) is 18.5. The van der Waals surface area contributed by atoms with Crippen molar-refractivity contribution < 1.29 is 18.7 Å². The van der Waals surface area contributed by atoms with Crippen molar-refractivity contribution in [3.8, 4) is 22.9 Å². The van der Waals surface area contributed by atoms with Gasteiger partial charge >= 0.3 is 5.97 Å². The second-order valence-corrected chi connectivity index (χ2v) is 9.05. The van der Waals surface area contributed by atoms with E-state index in [9.17, 15) is 9.59 Å². The Kier molecular flexibility index (Phi) is 9.23. The molecule has 0 bridgehead atoms. The Labute approximate surface area is 222 Å². The molecule has 196 valence electrons. The second kappa shape index (κ2) is 13.2. The fourth-order valence-corrected chi connectivity index (χ4v) is 3.94. The molecule has 38 heavy (non-hydrogen) atoms. The smallest absolute Gasteiger partial charge is 0.307 e. The van der Waals surface area contributed by atoms with E-state index in [0.29, 0.717) is 29.9 Å². The molecule has 1 unspecified atom stereocenters. The highest BCUT2D eigenvalue weighted by Gasteiger charge is 2.11. The zero-order valence-electron chi connectivity index (χ0n) is 21.6. The maximum absolute atomic E-state index is 12.2.